The van der Waals surface area contributed by atoms with Gasteiger partial charge in [0.25, 0.3) is 0 Å². The van der Waals surface area contributed by atoms with Crippen molar-refractivity contribution in [1.29, 1.82) is 0 Å². The Labute approximate surface area is 104 Å². The van der Waals surface area contributed by atoms with E-state index in [-0.39, 0.29) is 11.9 Å². The first-order chi connectivity index (χ1) is 7.83. The molecule has 1 aliphatic rings. The van der Waals surface area contributed by atoms with Gasteiger partial charge in [-0.25, -0.2) is 0 Å². The maximum atomic E-state index is 11.9. The van der Waals surface area contributed by atoms with E-state index in [1.54, 1.807) is 0 Å². The zero-order chi connectivity index (χ0) is 11.4. The van der Waals surface area contributed by atoms with E-state index in [4.69, 9.17) is 4.74 Å². The summed E-state index contributed by atoms with van der Waals surface area (Å²) in [5.74, 6) is 1.98. The van der Waals surface area contributed by atoms with Crippen LogP contribution in [0.1, 0.15) is 11.5 Å². The maximum Gasteiger partial charge on any atom is 0.315 e. The van der Waals surface area contributed by atoms with Crippen LogP contribution in [-0.4, -0.2) is 29.2 Å². The summed E-state index contributed by atoms with van der Waals surface area (Å²) >= 11 is 3.70. The highest BCUT2D eigenvalue weighted by Crippen LogP contribution is 2.42. The summed E-state index contributed by atoms with van der Waals surface area (Å²) in [7, 11) is 1.46. The van der Waals surface area contributed by atoms with Crippen LogP contribution in [0.5, 0.6) is 0 Å². The highest BCUT2D eigenvalue weighted by atomic mass is 32.2. The van der Waals surface area contributed by atoms with Crippen LogP contribution >= 0.6 is 23.5 Å². The summed E-state index contributed by atoms with van der Waals surface area (Å²) in [6.07, 6.45) is 0. The van der Waals surface area contributed by atoms with E-state index in [0.29, 0.717) is 4.58 Å². The standard InChI is InChI=1S/C12H14O2S2/c1-14-11(13)10(12-15-7-8-16-12)9-5-3-2-4-6-9/h2-6,10,12H,7-8H2,1H3. The van der Waals surface area contributed by atoms with Gasteiger partial charge in [0, 0.05) is 11.5 Å². The molecule has 1 heterocycles. The van der Waals surface area contributed by atoms with Gasteiger partial charge in [0.2, 0.25) is 0 Å². The van der Waals surface area contributed by atoms with E-state index < -0.39 is 0 Å². The molecule has 1 aromatic carbocycles. The van der Waals surface area contributed by atoms with Crippen molar-refractivity contribution in [3.05, 3.63) is 35.9 Å². The van der Waals surface area contributed by atoms with Gasteiger partial charge in [-0.05, 0) is 5.56 Å². The highest BCUT2D eigenvalue weighted by Gasteiger charge is 2.33. The van der Waals surface area contributed by atoms with Gasteiger partial charge >= 0.3 is 5.97 Å². The first-order valence-corrected chi connectivity index (χ1v) is 7.28. The van der Waals surface area contributed by atoms with Gasteiger partial charge in [-0.3, -0.25) is 4.79 Å². The number of carbonyl (C=O) groups excluding carboxylic acids is 1. The van der Waals surface area contributed by atoms with Crippen molar-refractivity contribution in [2.24, 2.45) is 0 Å². The zero-order valence-electron chi connectivity index (χ0n) is 9.09. The van der Waals surface area contributed by atoms with E-state index >= 15 is 0 Å². The van der Waals surface area contributed by atoms with Crippen molar-refractivity contribution in [1.82, 2.24) is 0 Å². The van der Waals surface area contributed by atoms with E-state index in [1.165, 1.54) is 7.11 Å². The van der Waals surface area contributed by atoms with E-state index in [0.717, 1.165) is 17.1 Å². The number of esters is 1. The lowest BCUT2D eigenvalue weighted by atomic mass is 10.0. The molecule has 0 amide bonds. The molecule has 1 aliphatic heterocycles. The van der Waals surface area contributed by atoms with Crippen molar-refractivity contribution >= 4 is 29.5 Å². The van der Waals surface area contributed by atoms with E-state index in [1.807, 2.05) is 53.9 Å². The molecule has 0 radical (unpaired) electrons. The second-order valence-corrected chi connectivity index (χ2v) is 6.32. The molecule has 1 aromatic rings. The summed E-state index contributed by atoms with van der Waals surface area (Å²) in [4.78, 5) is 11.9. The lowest BCUT2D eigenvalue weighted by Gasteiger charge is -2.20. The average Bonchev–Trinajstić information content (AvgIpc) is 2.84. The van der Waals surface area contributed by atoms with Gasteiger partial charge in [0.1, 0.15) is 5.92 Å². The topological polar surface area (TPSA) is 26.3 Å². The molecule has 1 unspecified atom stereocenters. The number of thioether (sulfide) groups is 2. The molecule has 16 heavy (non-hydrogen) atoms. The number of rotatable bonds is 3. The molecular weight excluding hydrogens is 240 g/mol. The van der Waals surface area contributed by atoms with Crippen LogP contribution in [0, 0.1) is 0 Å². The molecule has 0 N–H and O–H groups in total. The van der Waals surface area contributed by atoms with E-state index in [2.05, 4.69) is 0 Å². The van der Waals surface area contributed by atoms with Crippen LogP contribution in [0.3, 0.4) is 0 Å². The maximum absolute atomic E-state index is 11.9. The van der Waals surface area contributed by atoms with Crippen LogP contribution in [0.15, 0.2) is 30.3 Å². The average molecular weight is 254 g/mol. The molecule has 0 saturated carbocycles. The van der Waals surface area contributed by atoms with Crippen LogP contribution in [0.4, 0.5) is 0 Å². The molecule has 0 aliphatic carbocycles. The number of benzene rings is 1. The summed E-state index contributed by atoms with van der Waals surface area (Å²) in [5.41, 5.74) is 1.06. The predicted molar refractivity (Wildman–Crippen MR) is 69.9 cm³/mol. The Balaban J connectivity index is 2.24. The molecule has 1 fully saturated rings. The minimum absolute atomic E-state index is 0.127. The van der Waals surface area contributed by atoms with Gasteiger partial charge in [0.05, 0.1) is 11.7 Å². The van der Waals surface area contributed by atoms with Gasteiger partial charge in [-0.1, -0.05) is 30.3 Å². The number of carbonyl (C=O) groups is 1. The fourth-order valence-electron chi connectivity index (χ4n) is 1.76. The minimum Gasteiger partial charge on any atom is -0.468 e. The molecule has 0 bridgehead atoms. The Hall–Kier alpha value is -0.610. The second kappa shape index (κ2) is 5.64. The molecular formula is C12H14O2S2. The lowest BCUT2D eigenvalue weighted by molar-refractivity contribution is -0.142. The Morgan fingerprint density at radius 2 is 1.94 bits per heavy atom. The van der Waals surface area contributed by atoms with Crippen molar-refractivity contribution in [2.75, 3.05) is 18.6 Å². The monoisotopic (exact) mass is 254 g/mol. The Morgan fingerprint density at radius 3 is 2.50 bits per heavy atom. The predicted octanol–water partition coefficient (Wildman–Crippen LogP) is 2.75. The Bertz CT molecular complexity index is 347. The summed E-state index contributed by atoms with van der Waals surface area (Å²) in [6.45, 7) is 0. The van der Waals surface area contributed by atoms with Crippen LogP contribution in [0.2, 0.25) is 0 Å². The lowest BCUT2D eigenvalue weighted by Crippen LogP contribution is -2.21. The molecule has 86 valence electrons. The van der Waals surface area contributed by atoms with Gasteiger partial charge in [-0.2, -0.15) is 0 Å². The van der Waals surface area contributed by atoms with Gasteiger partial charge < -0.3 is 4.74 Å². The van der Waals surface area contributed by atoms with Crippen LogP contribution in [-0.2, 0) is 9.53 Å². The molecule has 1 atom stereocenters. The fraction of sp³-hybridized carbons (Fsp3) is 0.417. The van der Waals surface area contributed by atoms with Gasteiger partial charge in [0.15, 0.2) is 0 Å². The third-order valence-corrected chi connectivity index (χ3v) is 5.69. The summed E-state index contributed by atoms with van der Waals surface area (Å²) in [6, 6.07) is 9.90. The number of hydrogen-bond donors (Lipinski definition) is 0. The fourth-order valence-corrected chi connectivity index (χ4v) is 4.88. The molecule has 2 rings (SSSR count). The zero-order valence-corrected chi connectivity index (χ0v) is 10.7. The molecule has 1 saturated heterocycles. The number of ether oxygens (including phenoxy) is 1. The second-order valence-electron chi connectivity index (χ2n) is 3.52. The van der Waals surface area contributed by atoms with Crippen molar-refractivity contribution in [2.45, 2.75) is 10.5 Å². The van der Waals surface area contributed by atoms with Crippen molar-refractivity contribution < 1.29 is 9.53 Å². The molecule has 4 heteroatoms. The first kappa shape index (κ1) is 11.9. The van der Waals surface area contributed by atoms with Crippen molar-refractivity contribution in [3.63, 3.8) is 0 Å². The summed E-state index contributed by atoms with van der Waals surface area (Å²) in [5, 5.41) is 0. The minimum atomic E-state index is -0.135. The van der Waals surface area contributed by atoms with Crippen LogP contribution < -0.4 is 0 Å². The number of hydrogen-bond acceptors (Lipinski definition) is 4. The normalized spacial score (nSPS) is 18.3. The van der Waals surface area contributed by atoms with Crippen molar-refractivity contribution in [3.8, 4) is 0 Å². The highest BCUT2D eigenvalue weighted by molar-refractivity contribution is 8.20. The smallest absolute Gasteiger partial charge is 0.315 e. The van der Waals surface area contributed by atoms with E-state index in [9.17, 15) is 4.79 Å². The largest absolute Gasteiger partial charge is 0.468 e. The summed E-state index contributed by atoms with van der Waals surface area (Å²) < 4.78 is 5.21. The molecule has 2 nitrogen and oxygen atoms in total. The third kappa shape index (κ3) is 2.55. The Morgan fingerprint density at radius 1 is 1.31 bits per heavy atom. The van der Waals surface area contributed by atoms with Gasteiger partial charge in [-0.15, -0.1) is 23.5 Å². The van der Waals surface area contributed by atoms with Crippen LogP contribution in [0.25, 0.3) is 0 Å². The SMILES string of the molecule is COC(=O)C(c1ccccc1)C1SCCS1. The molecule has 0 spiro atoms. The third-order valence-electron chi connectivity index (χ3n) is 2.53. The first-order valence-electron chi connectivity index (χ1n) is 5.19. The number of methoxy groups -OCH3 is 1. The Kier molecular flexibility index (Phi) is 4.18. The quantitative estimate of drug-likeness (QED) is 0.775. The molecule has 0 aromatic heterocycles.